The molecule has 0 amide bonds. The minimum atomic E-state index is -0.0252. The van der Waals surface area contributed by atoms with Crippen molar-refractivity contribution in [3.63, 3.8) is 0 Å². The Hall–Kier alpha value is -2.45. The van der Waals surface area contributed by atoms with Crippen molar-refractivity contribution in [3.05, 3.63) is 81.9 Å². The van der Waals surface area contributed by atoms with Gasteiger partial charge in [-0.25, -0.2) is 0 Å². The van der Waals surface area contributed by atoms with E-state index in [-0.39, 0.29) is 12.1 Å². The van der Waals surface area contributed by atoms with Crippen molar-refractivity contribution in [1.82, 2.24) is 24.7 Å². The number of nitrogens with one attached hydrogen (secondary N) is 1. The zero-order chi connectivity index (χ0) is 24.5. The number of hydrogen-bond acceptors (Lipinski definition) is 4. The summed E-state index contributed by atoms with van der Waals surface area (Å²) in [5, 5.41) is 5.11. The molecule has 2 saturated heterocycles. The minimum absolute atomic E-state index is 0.0252. The molecule has 0 aliphatic carbocycles. The second-order valence-corrected chi connectivity index (χ2v) is 10.2. The summed E-state index contributed by atoms with van der Waals surface area (Å²) in [6.45, 7) is 11.8. The SMILES string of the molecule is Cc1ccc(Cl)cc1-n1c(C)cc([C@H]2[C@H](c3ccccn3)NC(=S)N2CCN2CCOCC2)c1C. The van der Waals surface area contributed by atoms with E-state index in [4.69, 9.17) is 33.5 Å². The lowest BCUT2D eigenvalue weighted by Crippen LogP contribution is -2.42. The highest BCUT2D eigenvalue weighted by Gasteiger charge is 2.41. The molecule has 2 aromatic heterocycles. The summed E-state index contributed by atoms with van der Waals surface area (Å²) in [5.74, 6) is 0. The summed E-state index contributed by atoms with van der Waals surface area (Å²) in [4.78, 5) is 9.50. The van der Waals surface area contributed by atoms with Crippen molar-refractivity contribution in [2.75, 3.05) is 39.4 Å². The second kappa shape index (κ2) is 10.3. The maximum absolute atomic E-state index is 6.40. The van der Waals surface area contributed by atoms with Gasteiger partial charge in [0.2, 0.25) is 0 Å². The lowest BCUT2D eigenvalue weighted by molar-refractivity contribution is 0.0350. The zero-order valence-electron chi connectivity index (χ0n) is 20.5. The van der Waals surface area contributed by atoms with Gasteiger partial charge in [0.15, 0.2) is 5.11 Å². The normalized spacial score (nSPS) is 20.9. The van der Waals surface area contributed by atoms with Crippen LogP contribution in [-0.2, 0) is 4.74 Å². The first kappa shape index (κ1) is 24.3. The summed E-state index contributed by atoms with van der Waals surface area (Å²) in [7, 11) is 0. The van der Waals surface area contributed by atoms with Crippen molar-refractivity contribution in [3.8, 4) is 5.69 Å². The summed E-state index contributed by atoms with van der Waals surface area (Å²) >= 11 is 12.3. The molecule has 0 radical (unpaired) electrons. The lowest BCUT2D eigenvalue weighted by Gasteiger charge is -2.32. The van der Waals surface area contributed by atoms with E-state index in [0.717, 1.165) is 60.9 Å². The van der Waals surface area contributed by atoms with E-state index in [2.05, 4.69) is 58.7 Å². The third-order valence-electron chi connectivity index (χ3n) is 7.16. The minimum Gasteiger partial charge on any atom is -0.379 e. The van der Waals surface area contributed by atoms with Crippen molar-refractivity contribution in [2.24, 2.45) is 0 Å². The number of nitrogens with zero attached hydrogens (tertiary/aromatic N) is 4. The van der Waals surface area contributed by atoms with Gasteiger partial charge in [0, 0.05) is 54.5 Å². The van der Waals surface area contributed by atoms with Gasteiger partial charge in [-0.15, -0.1) is 0 Å². The number of hydrogen-bond donors (Lipinski definition) is 1. The Labute approximate surface area is 217 Å². The molecule has 4 heterocycles. The molecule has 6 nitrogen and oxygen atoms in total. The summed E-state index contributed by atoms with van der Waals surface area (Å²) in [5.41, 5.74) is 6.93. The topological polar surface area (TPSA) is 45.6 Å². The number of halogens is 1. The average Bonchev–Trinajstić information content (AvgIpc) is 3.35. The Balaban J connectivity index is 1.55. The Morgan fingerprint density at radius 3 is 2.63 bits per heavy atom. The third-order valence-corrected chi connectivity index (χ3v) is 7.75. The van der Waals surface area contributed by atoms with Crippen LogP contribution in [0.4, 0.5) is 0 Å². The number of ether oxygens (including phenoxy) is 1. The van der Waals surface area contributed by atoms with Gasteiger partial charge in [0.05, 0.1) is 31.0 Å². The van der Waals surface area contributed by atoms with Crippen LogP contribution in [0.15, 0.2) is 48.7 Å². The van der Waals surface area contributed by atoms with Crippen LogP contribution in [0.2, 0.25) is 5.02 Å². The molecule has 35 heavy (non-hydrogen) atoms. The van der Waals surface area contributed by atoms with Crippen molar-refractivity contribution >= 4 is 28.9 Å². The fraction of sp³-hybridized carbons (Fsp3) is 0.407. The third kappa shape index (κ3) is 4.83. The Bertz CT molecular complexity index is 1210. The lowest BCUT2D eigenvalue weighted by atomic mass is 9.96. The first-order valence-electron chi connectivity index (χ1n) is 12.2. The van der Waals surface area contributed by atoms with Gasteiger partial charge in [0.1, 0.15) is 0 Å². The highest BCUT2D eigenvalue weighted by atomic mass is 35.5. The molecule has 0 bridgehead atoms. The van der Waals surface area contributed by atoms with Crippen LogP contribution < -0.4 is 5.32 Å². The fourth-order valence-electron chi connectivity index (χ4n) is 5.34. The molecule has 1 N–H and O–H groups in total. The molecule has 2 fully saturated rings. The fourth-order valence-corrected chi connectivity index (χ4v) is 5.84. The molecule has 2 atom stereocenters. The number of rotatable bonds is 6. The van der Waals surface area contributed by atoms with E-state index in [1.165, 1.54) is 22.5 Å². The van der Waals surface area contributed by atoms with Crippen molar-refractivity contribution < 1.29 is 4.74 Å². The van der Waals surface area contributed by atoms with Crippen LogP contribution in [0.5, 0.6) is 0 Å². The predicted octanol–water partition coefficient (Wildman–Crippen LogP) is 4.76. The average molecular weight is 510 g/mol. The highest BCUT2D eigenvalue weighted by molar-refractivity contribution is 7.80. The molecular formula is C27H32ClN5OS. The molecule has 184 valence electrons. The number of pyridine rings is 1. The Morgan fingerprint density at radius 1 is 1.09 bits per heavy atom. The van der Waals surface area contributed by atoms with Gasteiger partial charge in [-0.2, -0.15) is 0 Å². The van der Waals surface area contributed by atoms with E-state index in [1.807, 2.05) is 30.5 Å². The van der Waals surface area contributed by atoms with E-state index in [0.29, 0.717) is 0 Å². The number of thiocarbonyl (C=S) groups is 1. The second-order valence-electron chi connectivity index (χ2n) is 9.37. The van der Waals surface area contributed by atoms with E-state index in [9.17, 15) is 0 Å². The predicted molar refractivity (Wildman–Crippen MR) is 144 cm³/mol. The number of aryl methyl sites for hydroxylation is 2. The number of morpholine rings is 1. The Morgan fingerprint density at radius 2 is 1.89 bits per heavy atom. The molecule has 0 saturated carbocycles. The van der Waals surface area contributed by atoms with E-state index in [1.54, 1.807) is 0 Å². The number of benzene rings is 1. The van der Waals surface area contributed by atoms with Crippen molar-refractivity contribution in [1.29, 1.82) is 0 Å². The van der Waals surface area contributed by atoms with Gasteiger partial charge >= 0.3 is 0 Å². The van der Waals surface area contributed by atoms with Crippen LogP contribution >= 0.6 is 23.8 Å². The maximum atomic E-state index is 6.40. The molecule has 1 aromatic carbocycles. The molecule has 8 heteroatoms. The summed E-state index contributed by atoms with van der Waals surface area (Å²) in [6.07, 6.45) is 1.85. The van der Waals surface area contributed by atoms with Crippen LogP contribution in [0.25, 0.3) is 5.69 Å². The zero-order valence-corrected chi connectivity index (χ0v) is 22.1. The molecule has 0 unspecified atom stereocenters. The maximum Gasteiger partial charge on any atom is 0.170 e. The van der Waals surface area contributed by atoms with Gasteiger partial charge < -0.3 is 19.5 Å². The van der Waals surface area contributed by atoms with Crippen LogP contribution in [-0.4, -0.2) is 63.9 Å². The highest BCUT2D eigenvalue weighted by Crippen LogP contribution is 2.41. The van der Waals surface area contributed by atoms with Gasteiger partial charge in [0.25, 0.3) is 0 Å². The first-order valence-corrected chi connectivity index (χ1v) is 13.0. The van der Waals surface area contributed by atoms with Gasteiger partial charge in [-0.05, 0) is 74.4 Å². The largest absolute Gasteiger partial charge is 0.379 e. The van der Waals surface area contributed by atoms with Gasteiger partial charge in [-0.1, -0.05) is 23.7 Å². The molecule has 0 spiro atoms. The molecule has 2 aliphatic heterocycles. The van der Waals surface area contributed by atoms with Crippen LogP contribution in [0, 0.1) is 20.8 Å². The molecule has 5 rings (SSSR count). The monoisotopic (exact) mass is 509 g/mol. The van der Waals surface area contributed by atoms with Crippen molar-refractivity contribution in [2.45, 2.75) is 32.9 Å². The van der Waals surface area contributed by atoms with Gasteiger partial charge in [-0.3, -0.25) is 9.88 Å². The standard InChI is InChI=1S/C27H32ClN5OS/c1-18-7-8-21(28)17-24(18)33-19(2)16-22(20(33)3)26-25(23-6-4-5-9-29-23)30-27(35)32(26)11-10-31-12-14-34-15-13-31/h4-9,16-17,25-26H,10-15H2,1-3H3,(H,30,35)/t25-,26-/m0/s1. The molecule has 3 aromatic rings. The number of aromatic nitrogens is 2. The van der Waals surface area contributed by atoms with E-state index < -0.39 is 0 Å². The van der Waals surface area contributed by atoms with Crippen LogP contribution in [0.1, 0.15) is 40.3 Å². The quantitative estimate of drug-likeness (QED) is 0.484. The van der Waals surface area contributed by atoms with E-state index >= 15 is 0 Å². The Kier molecular flexibility index (Phi) is 7.12. The summed E-state index contributed by atoms with van der Waals surface area (Å²) in [6, 6.07) is 14.5. The first-order chi connectivity index (χ1) is 16.9. The molecule has 2 aliphatic rings. The smallest absolute Gasteiger partial charge is 0.170 e. The molecular weight excluding hydrogens is 478 g/mol. The summed E-state index contributed by atoms with van der Waals surface area (Å²) < 4.78 is 7.85. The van der Waals surface area contributed by atoms with Crippen LogP contribution in [0.3, 0.4) is 0 Å².